The Morgan fingerprint density at radius 3 is 0.941 bits per heavy atom. The second-order valence-electron chi connectivity index (χ2n) is 26.7. The van der Waals surface area contributed by atoms with Crippen molar-refractivity contribution in [1.29, 1.82) is 0 Å². The van der Waals surface area contributed by atoms with Gasteiger partial charge in [0.1, 0.15) is 0 Å². The summed E-state index contributed by atoms with van der Waals surface area (Å²) in [7, 11) is 0. The summed E-state index contributed by atoms with van der Waals surface area (Å²) in [4.78, 5) is 24.6. The Bertz CT molecular complexity index is 1380. The molecule has 85 heavy (non-hydrogen) atoms. The molecule has 0 aliphatic rings. The van der Waals surface area contributed by atoms with Crippen LogP contribution >= 0.6 is 0 Å². The SMILES string of the molecule is CCCC/C=C\C/C=C\CCCCCCCC(=O)OCCCCCCCCCCCCCC/C=C\CCCCCCCCCCCCCCCC(=O)NC(CO)C(O)CCCCCCCCCCCCCCCCCCCCCCCCCCC. The van der Waals surface area contributed by atoms with Crippen molar-refractivity contribution in [2.24, 2.45) is 0 Å². The van der Waals surface area contributed by atoms with E-state index in [1.807, 2.05) is 0 Å². The number of carbonyl (C=O) groups is 2. The van der Waals surface area contributed by atoms with Gasteiger partial charge in [0, 0.05) is 12.8 Å². The molecule has 0 radical (unpaired) electrons. The van der Waals surface area contributed by atoms with Crippen LogP contribution in [0.5, 0.6) is 0 Å². The van der Waals surface area contributed by atoms with Crippen LogP contribution in [0.3, 0.4) is 0 Å². The smallest absolute Gasteiger partial charge is 0.305 e. The van der Waals surface area contributed by atoms with E-state index >= 15 is 0 Å². The number of unbranched alkanes of at least 4 members (excludes halogenated alkanes) is 56. The first-order chi connectivity index (χ1) is 42.0. The Kier molecular flexibility index (Phi) is 72.9. The van der Waals surface area contributed by atoms with Gasteiger partial charge in [-0.15, -0.1) is 0 Å². The summed E-state index contributed by atoms with van der Waals surface area (Å²) in [5.74, 6) is -0.0264. The van der Waals surface area contributed by atoms with Crippen molar-refractivity contribution in [1.82, 2.24) is 5.32 Å². The molecule has 0 bridgehead atoms. The van der Waals surface area contributed by atoms with Crippen molar-refractivity contribution in [3.8, 4) is 0 Å². The zero-order valence-electron chi connectivity index (χ0n) is 57.6. The van der Waals surface area contributed by atoms with Crippen molar-refractivity contribution in [2.45, 2.75) is 443 Å². The second-order valence-corrected chi connectivity index (χ2v) is 26.7. The average Bonchev–Trinajstić information content (AvgIpc) is 3.51. The molecule has 2 unspecified atom stereocenters. The lowest BCUT2D eigenvalue weighted by atomic mass is 10.0. The van der Waals surface area contributed by atoms with E-state index in [2.05, 4.69) is 55.6 Å². The number of ether oxygens (including phenoxy) is 1. The van der Waals surface area contributed by atoms with Crippen LogP contribution in [0.25, 0.3) is 0 Å². The minimum absolute atomic E-state index is 0.00253. The third-order valence-corrected chi connectivity index (χ3v) is 18.2. The van der Waals surface area contributed by atoms with Crippen LogP contribution in [0.4, 0.5) is 0 Å². The lowest BCUT2D eigenvalue weighted by Gasteiger charge is -2.22. The van der Waals surface area contributed by atoms with Crippen LogP contribution in [0.15, 0.2) is 36.5 Å². The van der Waals surface area contributed by atoms with Gasteiger partial charge in [0.15, 0.2) is 0 Å². The third-order valence-electron chi connectivity index (χ3n) is 18.2. The normalized spacial score (nSPS) is 12.7. The predicted octanol–water partition coefficient (Wildman–Crippen LogP) is 25.4. The minimum atomic E-state index is -0.666. The van der Waals surface area contributed by atoms with Crippen molar-refractivity contribution >= 4 is 11.9 Å². The molecule has 3 N–H and O–H groups in total. The highest BCUT2D eigenvalue weighted by molar-refractivity contribution is 5.76. The highest BCUT2D eigenvalue weighted by Gasteiger charge is 2.20. The summed E-state index contributed by atoms with van der Waals surface area (Å²) < 4.78 is 5.48. The largest absolute Gasteiger partial charge is 0.466 e. The van der Waals surface area contributed by atoms with E-state index < -0.39 is 12.1 Å². The molecule has 0 saturated carbocycles. The van der Waals surface area contributed by atoms with Crippen LogP contribution in [-0.2, 0) is 14.3 Å². The van der Waals surface area contributed by atoms with E-state index in [-0.39, 0.29) is 18.5 Å². The fourth-order valence-corrected chi connectivity index (χ4v) is 12.2. The molecule has 0 heterocycles. The van der Waals surface area contributed by atoms with Crippen molar-refractivity contribution in [2.75, 3.05) is 13.2 Å². The molecule has 0 aromatic heterocycles. The van der Waals surface area contributed by atoms with Gasteiger partial charge in [-0.3, -0.25) is 9.59 Å². The van der Waals surface area contributed by atoms with E-state index in [4.69, 9.17) is 4.74 Å². The van der Waals surface area contributed by atoms with Crippen molar-refractivity contribution in [3.63, 3.8) is 0 Å². The van der Waals surface area contributed by atoms with E-state index in [1.165, 1.54) is 347 Å². The van der Waals surface area contributed by atoms with E-state index in [0.29, 0.717) is 25.9 Å². The summed E-state index contributed by atoms with van der Waals surface area (Å²) >= 11 is 0. The summed E-state index contributed by atoms with van der Waals surface area (Å²) in [6.45, 7) is 4.95. The molecule has 2 atom stereocenters. The Hall–Kier alpha value is -1.92. The zero-order chi connectivity index (χ0) is 61.3. The monoisotopic (exact) mass is 1190 g/mol. The number of carbonyl (C=O) groups excluding carboxylic acids is 2. The maximum Gasteiger partial charge on any atom is 0.305 e. The highest BCUT2D eigenvalue weighted by Crippen LogP contribution is 2.20. The topological polar surface area (TPSA) is 95.9 Å². The second kappa shape index (κ2) is 74.5. The van der Waals surface area contributed by atoms with Gasteiger partial charge >= 0.3 is 5.97 Å². The minimum Gasteiger partial charge on any atom is -0.466 e. The number of hydrogen-bond acceptors (Lipinski definition) is 5. The van der Waals surface area contributed by atoms with Gasteiger partial charge in [0.05, 0.1) is 25.4 Å². The van der Waals surface area contributed by atoms with Crippen LogP contribution < -0.4 is 5.32 Å². The number of aliphatic hydroxyl groups excluding tert-OH is 2. The molecule has 0 rings (SSSR count). The Morgan fingerprint density at radius 2 is 0.600 bits per heavy atom. The fraction of sp³-hybridized carbons (Fsp3) is 0.899. The number of nitrogens with one attached hydrogen (secondary N) is 1. The number of hydrogen-bond donors (Lipinski definition) is 3. The quantitative estimate of drug-likeness (QED) is 0.0320. The maximum absolute atomic E-state index is 12.6. The molecule has 6 nitrogen and oxygen atoms in total. The molecule has 0 fully saturated rings. The lowest BCUT2D eigenvalue weighted by Crippen LogP contribution is -2.45. The summed E-state index contributed by atoms with van der Waals surface area (Å²) in [5.41, 5.74) is 0. The molecule has 502 valence electrons. The van der Waals surface area contributed by atoms with Crippen molar-refractivity contribution < 1.29 is 24.5 Å². The third kappa shape index (κ3) is 71.0. The van der Waals surface area contributed by atoms with Gasteiger partial charge < -0.3 is 20.3 Å². The Labute approximate surface area is 532 Å². The number of amides is 1. The summed E-state index contributed by atoms with van der Waals surface area (Å²) in [6, 6.07) is -0.543. The number of aliphatic hydroxyl groups is 2. The van der Waals surface area contributed by atoms with Crippen LogP contribution in [0.2, 0.25) is 0 Å². The first kappa shape index (κ1) is 83.1. The van der Waals surface area contributed by atoms with Crippen LogP contribution in [0, 0.1) is 0 Å². The molecule has 0 aromatic carbocycles. The summed E-state index contributed by atoms with van der Waals surface area (Å²) in [6.07, 6.45) is 96.5. The standard InChI is InChI=1S/C79H151NO5/c1-3-5-7-9-11-13-15-17-19-20-21-22-23-29-32-35-38-41-44-47-51-55-59-63-67-71-77(82)76(75-81)80-78(83)72-68-64-60-56-52-48-45-42-39-36-33-30-27-25-24-26-28-31-34-37-40-43-46-50-54-58-62-66-70-74-85-79(84)73-69-65-61-57-53-49-18-16-14-12-10-8-6-4-2/h10,12,16,18,24,26,76-77,81-82H,3-9,11,13-15,17,19-23,25,27-75H2,1-2H3,(H,80,83)/b12-10-,18-16-,26-24-. The number of esters is 1. The van der Waals surface area contributed by atoms with Gasteiger partial charge in [-0.1, -0.05) is 378 Å². The van der Waals surface area contributed by atoms with Crippen molar-refractivity contribution in [3.05, 3.63) is 36.5 Å². The first-order valence-corrected chi connectivity index (χ1v) is 38.7. The van der Waals surface area contributed by atoms with E-state index in [1.54, 1.807) is 0 Å². The molecule has 0 spiro atoms. The summed E-state index contributed by atoms with van der Waals surface area (Å²) in [5, 5.41) is 23.5. The van der Waals surface area contributed by atoms with Gasteiger partial charge in [0.25, 0.3) is 0 Å². The highest BCUT2D eigenvalue weighted by atomic mass is 16.5. The maximum atomic E-state index is 12.6. The van der Waals surface area contributed by atoms with Gasteiger partial charge in [-0.25, -0.2) is 0 Å². The lowest BCUT2D eigenvalue weighted by molar-refractivity contribution is -0.143. The molecule has 0 saturated heterocycles. The number of allylic oxidation sites excluding steroid dienone is 6. The van der Waals surface area contributed by atoms with Gasteiger partial charge in [-0.2, -0.15) is 0 Å². The van der Waals surface area contributed by atoms with Gasteiger partial charge in [-0.05, 0) is 77.0 Å². The average molecular weight is 1200 g/mol. The molecule has 0 aliphatic carbocycles. The zero-order valence-corrected chi connectivity index (χ0v) is 57.6. The first-order valence-electron chi connectivity index (χ1n) is 38.7. The Balaban J connectivity index is 3.38. The van der Waals surface area contributed by atoms with Crippen LogP contribution in [0.1, 0.15) is 431 Å². The molecule has 1 amide bonds. The van der Waals surface area contributed by atoms with Crippen LogP contribution in [-0.4, -0.2) is 47.4 Å². The molecule has 0 aliphatic heterocycles. The van der Waals surface area contributed by atoms with Gasteiger partial charge in [0.2, 0.25) is 5.91 Å². The predicted molar refractivity (Wildman–Crippen MR) is 375 cm³/mol. The number of rotatable bonds is 73. The molecule has 6 heteroatoms. The van der Waals surface area contributed by atoms with E-state index in [9.17, 15) is 19.8 Å². The Morgan fingerprint density at radius 1 is 0.329 bits per heavy atom. The molecular formula is C79H151NO5. The van der Waals surface area contributed by atoms with E-state index in [0.717, 1.165) is 51.4 Å². The molecular weight excluding hydrogens is 1040 g/mol. The molecule has 0 aromatic rings. The fourth-order valence-electron chi connectivity index (χ4n) is 12.2.